The number of rotatable bonds is 10. The van der Waals surface area contributed by atoms with Crippen LogP contribution in [0.1, 0.15) is 19.8 Å². The summed E-state index contributed by atoms with van der Waals surface area (Å²) < 4.78 is 14.3. The Morgan fingerprint density at radius 1 is 1.06 bits per heavy atom. The smallest absolute Gasteiger partial charge is 0.0558 e. The van der Waals surface area contributed by atoms with Crippen LogP contribution in [-0.2, 0) is 7.59 Å². The van der Waals surface area contributed by atoms with Crippen LogP contribution in [0.25, 0.3) is 0 Å². The quantitative estimate of drug-likeness (QED) is 0.348. The molecule has 0 aromatic rings. The summed E-state index contributed by atoms with van der Waals surface area (Å²) in [7, 11) is 0. The minimum Gasteiger partial charge on any atom is -0.395 e. The van der Waals surface area contributed by atoms with Crippen molar-refractivity contribution in [3.05, 3.63) is 0 Å². The molecule has 0 unspecified atom stereocenters. The van der Waals surface area contributed by atoms with E-state index in [4.69, 9.17) is 15.3 Å². The molecule has 102 valence electrons. The molecule has 0 heterocycles. The van der Waals surface area contributed by atoms with E-state index in [1.54, 1.807) is 4.90 Å². The Morgan fingerprint density at radius 3 is 1.82 bits per heavy atom. The largest absolute Gasteiger partial charge is 0.395 e. The Bertz CT molecular complexity index is 136. The van der Waals surface area contributed by atoms with Gasteiger partial charge in [0.25, 0.3) is 0 Å². The SMILES string of the molecule is CCCC[O][Al]=[O].OCCN(CCO)CCO. The summed E-state index contributed by atoms with van der Waals surface area (Å²) >= 11 is -0.969. The second kappa shape index (κ2) is 18.3. The van der Waals surface area contributed by atoms with Crippen molar-refractivity contribution in [2.45, 2.75) is 19.8 Å². The molecule has 0 radical (unpaired) electrons. The summed E-state index contributed by atoms with van der Waals surface area (Å²) in [6.45, 7) is 4.49. The molecule has 0 saturated carbocycles. The van der Waals surface area contributed by atoms with Gasteiger partial charge in [-0.3, -0.25) is 4.90 Å². The Kier molecular flexibility index (Phi) is 20.8. The molecule has 0 aliphatic rings. The number of hydrogen-bond donors (Lipinski definition) is 3. The molecule has 0 amide bonds. The molecule has 0 aliphatic carbocycles. The molecule has 0 spiro atoms. The van der Waals surface area contributed by atoms with Crippen molar-refractivity contribution < 1.29 is 22.9 Å². The minimum atomic E-state index is -0.969. The Labute approximate surface area is 109 Å². The predicted molar refractivity (Wildman–Crippen MR) is 65.0 cm³/mol. The van der Waals surface area contributed by atoms with E-state index >= 15 is 0 Å². The van der Waals surface area contributed by atoms with Crippen molar-refractivity contribution in [3.8, 4) is 0 Å². The van der Waals surface area contributed by atoms with Crippen LogP contribution in [0.3, 0.4) is 0 Å². The van der Waals surface area contributed by atoms with Crippen LogP contribution in [0.2, 0.25) is 0 Å². The fraction of sp³-hybridized carbons (Fsp3) is 1.00. The standard InChI is InChI=1S/C6H15NO3.C4H9O.Al.O/c8-4-1-7(2-5-9)3-6-10;1-2-3-4-5;;/h8-10H,1-6H2;2-4H2,1H3;;/q;-1;+1;. The molecule has 17 heavy (non-hydrogen) atoms. The van der Waals surface area contributed by atoms with Gasteiger partial charge in [-0.2, -0.15) is 0 Å². The number of aliphatic hydroxyl groups is 3. The zero-order valence-electron chi connectivity index (χ0n) is 10.5. The first-order chi connectivity index (χ1) is 8.26. The van der Waals surface area contributed by atoms with Gasteiger partial charge in [0.05, 0.1) is 19.8 Å². The number of unbranched alkanes of at least 4 members (excludes halogenated alkanes) is 1. The Morgan fingerprint density at radius 2 is 1.53 bits per heavy atom. The summed E-state index contributed by atoms with van der Waals surface area (Å²) in [5.41, 5.74) is 0. The van der Waals surface area contributed by atoms with Crippen molar-refractivity contribution in [1.29, 1.82) is 0 Å². The van der Waals surface area contributed by atoms with Crippen LogP contribution in [0.5, 0.6) is 0 Å². The van der Waals surface area contributed by atoms with Crippen LogP contribution in [0, 0.1) is 0 Å². The number of nitrogens with zero attached hydrogens (tertiary/aromatic N) is 1. The fourth-order valence-electron chi connectivity index (χ4n) is 1.04. The zero-order chi connectivity index (χ0) is 13.4. The molecule has 6 nitrogen and oxygen atoms in total. The van der Waals surface area contributed by atoms with Gasteiger partial charge in [-0.1, -0.05) is 0 Å². The van der Waals surface area contributed by atoms with Crippen LogP contribution >= 0.6 is 0 Å². The third-order valence-corrected chi connectivity index (χ3v) is 2.30. The minimum absolute atomic E-state index is 0.0694. The molecule has 7 heteroatoms. The van der Waals surface area contributed by atoms with Crippen molar-refractivity contribution in [2.24, 2.45) is 0 Å². The average Bonchev–Trinajstić information content (AvgIpc) is 2.32. The second-order valence-electron chi connectivity index (χ2n) is 3.33. The first kappa shape index (κ1) is 19.3. The maximum atomic E-state index is 9.67. The number of aliphatic hydroxyl groups excluding tert-OH is 3. The molecular weight excluding hydrogens is 241 g/mol. The third-order valence-electron chi connectivity index (χ3n) is 1.93. The summed E-state index contributed by atoms with van der Waals surface area (Å²) in [6, 6.07) is 0. The van der Waals surface area contributed by atoms with E-state index in [0.717, 1.165) is 12.8 Å². The third kappa shape index (κ3) is 18.5. The monoisotopic (exact) mass is 265 g/mol. The molecule has 0 rings (SSSR count). The predicted octanol–water partition coefficient (Wildman–Crippen LogP) is -0.967. The van der Waals surface area contributed by atoms with E-state index in [1.807, 2.05) is 0 Å². The van der Waals surface area contributed by atoms with E-state index < -0.39 is 15.5 Å². The van der Waals surface area contributed by atoms with Crippen LogP contribution in [0.15, 0.2) is 0 Å². The first-order valence-electron chi connectivity index (χ1n) is 5.86. The van der Waals surface area contributed by atoms with Gasteiger partial charge in [-0.05, 0) is 0 Å². The second-order valence-corrected chi connectivity index (χ2v) is 3.86. The van der Waals surface area contributed by atoms with Crippen molar-refractivity contribution in [1.82, 2.24) is 4.90 Å². The van der Waals surface area contributed by atoms with Crippen LogP contribution < -0.4 is 0 Å². The topological polar surface area (TPSA) is 90.2 Å². The summed E-state index contributed by atoms with van der Waals surface area (Å²) in [4.78, 5) is 1.79. The molecule has 0 atom stereocenters. The van der Waals surface area contributed by atoms with Gasteiger partial charge in [-0.25, -0.2) is 0 Å². The first-order valence-corrected chi connectivity index (χ1v) is 6.81. The number of hydrogen-bond acceptors (Lipinski definition) is 6. The Balaban J connectivity index is 0. The molecule has 0 aromatic carbocycles. The maximum Gasteiger partial charge on any atom is 0.0558 e. The van der Waals surface area contributed by atoms with Gasteiger partial charge >= 0.3 is 49.5 Å². The van der Waals surface area contributed by atoms with Crippen molar-refractivity contribution in [3.63, 3.8) is 0 Å². The molecule has 3 N–H and O–H groups in total. The zero-order valence-corrected chi connectivity index (χ0v) is 11.7. The fourth-order valence-corrected chi connectivity index (χ4v) is 1.30. The van der Waals surface area contributed by atoms with Gasteiger partial charge in [0.2, 0.25) is 0 Å². The molecule has 0 fully saturated rings. The Hall–Kier alpha value is -0.0275. The van der Waals surface area contributed by atoms with E-state index in [0.29, 0.717) is 26.2 Å². The van der Waals surface area contributed by atoms with E-state index in [1.165, 1.54) is 0 Å². The van der Waals surface area contributed by atoms with Gasteiger partial charge in [0.15, 0.2) is 0 Å². The van der Waals surface area contributed by atoms with Crippen molar-refractivity contribution in [2.75, 3.05) is 46.1 Å². The summed E-state index contributed by atoms with van der Waals surface area (Å²) in [5, 5.41) is 25.5. The van der Waals surface area contributed by atoms with Gasteiger partial charge in [0, 0.05) is 19.6 Å². The van der Waals surface area contributed by atoms with Gasteiger partial charge in [-0.15, -0.1) is 0 Å². The molecule has 0 bridgehead atoms. The van der Waals surface area contributed by atoms with Crippen molar-refractivity contribution >= 4 is 15.5 Å². The van der Waals surface area contributed by atoms with E-state index in [2.05, 4.69) is 10.7 Å². The normalized spacial score (nSPS) is 9.47. The van der Waals surface area contributed by atoms with Gasteiger partial charge < -0.3 is 15.3 Å². The maximum absolute atomic E-state index is 9.67. The van der Waals surface area contributed by atoms with Crippen LogP contribution in [-0.4, -0.2) is 81.8 Å². The van der Waals surface area contributed by atoms with Gasteiger partial charge in [0.1, 0.15) is 0 Å². The molecule has 0 aliphatic heterocycles. The molecular formula is C10H24AlNO5. The molecule has 0 saturated heterocycles. The summed E-state index contributed by atoms with van der Waals surface area (Å²) in [5.74, 6) is 0. The van der Waals surface area contributed by atoms with E-state index in [-0.39, 0.29) is 19.8 Å². The molecule has 0 aromatic heterocycles. The van der Waals surface area contributed by atoms with E-state index in [9.17, 15) is 3.80 Å². The average molecular weight is 265 g/mol. The van der Waals surface area contributed by atoms with Crippen LogP contribution in [0.4, 0.5) is 0 Å². The summed E-state index contributed by atoms with van der Waals surface area (Å²) in [6.07, 6.45) is 2.13.